The molecule has 0 fully saturated rings. The van der Waals surface area contributed by atoms with Crippen LogP contribution < -0.4 is 5.73 Å². The van der Waals surface area contributed by atoms with E-state index >= 15 is 0 Å². The molecule has 1 aromatic heterocycles. The van der Waals surface area contributed by atoms with Gasteiger partial charge in [0.2, 0.25) is 0 Å². The predicted molar refractivity (Wildman–Crippen MR) is 78.0 cm³/mol. The Balaban J connectivity index is 2.47. The average molecular weight is 290 g/mol. The summed E-state index contributed by atoms with van der Waals surface area (Å²) < 4.78 is 0. The Morgan fingerprint density at radius 1 is 1.39 bits per heavy atom. The van der Waals surface area contributed by atoms with Gasteiger partial charge < -0.3 is 10.6 Å². The minimum absolute atomic E-state index is 0.242. The number of rotatable bonds is 6. The van der Waals surface area contributed by atoms with Crippen LogP contribution in [0.25, 0.3) is 0 Å². The molecule has 1 atom stereocenters. The van der Waals surface area contributed by atoms with Crippen LogP contribution in [-0.2, 0) is 6.54 Å². The van der Waals surface area contributed by atoms with Crippen molar-refractivity contribution in [1.82, 2.24) is 9.88 Å². The number of nitrogens with two attached hydrogens (primary N) is 1. The van der Waals surface area contributed by atoms with Crippen LogP contribution in [0.15, 0.2) is 12.3 Å². The molecule has 5 heteroatoms. The molecule has 0 aliphatic carbocycles. The van der Waals surface area contributed by atoms with Crippen LogP contribution in [0, 0.1) is 5.92 Å². The van der Waals surface area contributed by atoms with Crippen LogP contribution in [0.3, 0.4) is 0 Å². The third kappa shape index (κ3) is 5.11. The second kappa shape index (κ2) is 7.29. The van der Waals surface area contributed by atoms with Gasteiger partial charge in [-0.15, -0.1) is 0 Å². The van der Waals surface area contributed by atoms with E-state index < -0.39 is 0 Å². The summed E-state index contributed by atoms with van der Waals surface area (Å²) in [7, 11) is 2.05. The topological polar surface area (TPSA) is 42.1 Å². The molecule has 102 valence electrons. The SMILES string of the molecule is CC(C)C(N)CCN(C)Cc1cnc(Cl)cc1Cl. The van der Waals surface area contributed by atoms with Crippen molar-refractivity contribution in [1.29, 1.82) is 0 Å². The first-order valence-corrected chi connectivity index (χ1v) is 6.89. The Hall–Kier alpha value is -0.350. The fraction of sp³-hybridized carbons (Fsp3) is 0.615. The lowest BCUT2D eigenvalue weighted by atomic mass is 10.0. The van der Waals surface area contributed by atoms with Crippen molar-refractivity contribution in [3.8, 4) is 0 Å². The fourth-order valence-corrected chi connectivity index (χ4v) is 2.05. The molecule has 0 saturated carbocycles. The van der Waals surface area contributed by atoms with Gasteiger partial charge in [0.15, 0.2) is 0 Å². The highest BCUT2D eigenvalue weighted by atomic mass is 35.5. The number of hydrogen-bond donors (Lipinski definition) is 1. The van der Waals surface area contributed by atoms with Crippen molar-refractivity contribution in [2.24, 2.45) is 11.7 Å². The van der Waals surface area contributed by atoms with Crippen molar-refractivity contribution in [3.05, 3.63) is 28.0 Å². The Bertz CT molecular complexity index is 382. The van der Waals surface area contributed by atoms with Gasteiger partial charge >= 0.3 is 0 Å². The van der Waals surface area contributed by atoms with E-state index in [2.05, 4.69) is 30.8 Å². The quantitative estimate of drug-likeness (QED) is 0.818. The second-order valence-electron chi connectivity index (χ2n) is 5.03. The number of aromatic nitrogens is 1. The van der Waals surface area contributed by atoms with E-state index in [1.54, 1.807) is 12.3 Å². The fourth-order valence-electron chi connectivity index (χ4n) is 1.62. The van der Waals surface area contributed by atoms with Crippen LogP contribution in [0.2, 0.25) is 10.2 Å². The summed E-state index contributed by atoms with van der Waals surface area (Å²) in [6.45, 7) is 5.99. The lowest BCUT2D eigenvalue weighted by Crippen LogP contribution is -2.31. The largest absolute Gasteiger partial charge is 0.327 e. The molecule has 0 spiro atoms. The van der Waals surface area contributed by atoms with Crippen molar-refractivity contribution in [2.45, 2.75) is 32.9 Å². The highest BCUT2D eigenvalue weighted by Gasteiger charge is 2.10. The Kier molecular flexibility index (Phi) is 6.36. The smallest absolute Gasteiger partial charge is 0.130 e. The molecule has 1 aromatic rings. The predicted octanol–water partition coefficient (Wildman–Crippen LogP) is 3.19. The van der Waals surface area contributed by atoms with Crippen LogP contribution in [0.4, 0.5) is 0 Å². The molecule has 0 bridgehead atoms. The maximum Gasteiger partial charge on any atom is 0.130 e. The van der Waals surface area contributed by atoms with Crippen molar-refractivity contribution >= 4 is 23.2 Å². The van der Waals surface area contributed by atoms with Crippen LogP contribution in [0.1, 0.15) is 25.8 Å². The summed E-state index contributed by atoms with van der Waals surface area (Å²) in [5.41, 5.74) is 7.01. The minimum atomic E-state index is 0.242. The first kappa shape index (κ1) is 15.7. The molecule has 1 rings (SSSR count). The number of halogens is 2. The molecule has 0 aliphatic heterocycles. The second-order valence-corrected chi connectivity index (χ2v) is 5.83. The van der Waals surface area contributed by atoms with E-state index in [4.69, 9.17) is 28.9 Å². The van der Waals surface area contributed by atoms with Crippen LogP contribution in [-0.4, -0.2) is 29.5 Å². The molecule has 0 aliphatic rings. The highest BCUT2D eigenvalue weighted by molar-refractivity contribution is 6.34. The molecule has 2 N–H and O–H groups in total. The summed E-state index contributed by atoms with van der Waals surface area (Å²) in [5, 5.41) is 1.09. The molecule has 0 saturated heterocycles. The van der Waals surface area contributed by atoms with Crippen LogP contribution >= 0.6 is 23.2 Å². The summed E-state index contributed by atoms with van der Waals surface area (Å²) >= 11 is 11.9. The van der Waals surface area contributed by atoms with Gasteiger partial charge in [-0.1, -0.05) is 37.0 Å². The average Bonchev–Trinajstić information content (AvgIpc) is 2.29. The standard InChI is InChI=1S/C13H21Cl2N3/c1-9(2)12(16)4-5-18(3)8-10-7-17-13(15)6-11(10)14/h6-7,9,12H,4-5,8,16H2,1-3H3. The van der Waals surface area contributed by atoms with E-state index in [1.165, 1.54) is 0 Å². The lowest BCUT2D eigenvalue weighted by molar-refractivity contribution is 0.296. The van der Waals surface area contributed by atoms with Crippen molar-refractivity contribution in [2.75, 3.05) is 13.6 Å². The highest BCUT2D eigenvalue weighted by Crippen LogP contribution is 2.19. The normalized spacial score (nSPS) is 13.3. The maximum absolute atomic E-state index is 6.11. The van der Waals surface area contributed by atoms with Gasteiger partial charge in [0, 0.05) is 29.4 Å². The first-order chi connectivity index (χ1) is 8.40. The molecule has 1 unspecified atom stereocenters. The zero-order valence-electron chi connectivity index (χ0n) is 11.2. The summed E-state index contributed by atoms with van der Waals surface area (Å²) in [5.74, 6) is 0.513. The Morgan fingerprint density at radius 3 is 2.61 bits per heavy atom. The molecule has 0 amide bonds. The molecular formula is C13H21Cl2N3. The summed E-state index contributed by atoms with van der Waals surface area (Å²) in [6, 6.07) is 1.91. The molecule has 18 heavy (non-hydrogen) atoms. The van der Waals surface area contributed by atoms with Gasteiger partial charge in [0.05, 0.1) is 0 Å². The van der Waals surface area contributed by atoms with E-state index in [0.29, 0.717) is 16.1 Å². The summed E-state index contributed by atoms with van der Waals surface area (Å²) in [4.78, 5) is 6.24. The first-order valence-electron chi connectivity index (χ1n) is 6.14. The Labute approximate surface area is 119 Å². The lowest BCUT2D eigenvalue weighted by Gasteiger charge is -2.21. The van der Waals surface area contributed by atoms with E-state index in [0.717, 1.165) is 25.1 Å². The number of nitrogens with zero attached hydrogens (tertiary/aromatic N) is 2. The molecule has 1 heterocycles. The zero-order chi connectivity index (χ0) is 13.7. The van der Waals surface area contributed by atoms with E-state index in [-0.39, 0.29) is 6.04 Å². The van der Waals surface area contributed by atoms with Crippen LogP contribution in [0.5, 0.6) is 0 Å². The molecule has 3 nitrogen and oxygen atoms in total. The van der Waals surface area contributed by atoms with Crippen molar-refractivity contribution in [3.63, 3.8) is 0 Å². The van der Waals surface area contributed by atoms with Gasteiger partial charge in [-0.05, 0) is 32.0 Å². The van der Waals surface area contributed by atoms with Gasteiger partial charge in [0.25, 0.3) is 0 Å². The maximum atomic E-state index is 6.11. The molecule has 0 radical (unpaired) electrons. The van der Waals surface area contributed by atoms with E-state index in [9.17, 15) is 0 Å². The number of hydrogen-bond acceptors (Lipinski definition) is 3. The molecule has 0 aromatic carbocycles. The van der Waals surface area contributed by atoms with Crippen molar-refractivity contribution < 1.29 is 0 Å². The third-order valence-corrected chi connectivity index (χ3v) is 3.60. The van der Waals surface area contributed by atoms with Gasteiger partial charge in [-0.3, -0.25) is 0 Å². The Morgan fingerprint density at radius 2 is 2.06 bits per heavy atom. The zero-order valence-corrected chi connectivity index (χ0v) is 12.7. The summed E-state index contributed by atoms with van der Waals surface area (Å²) in [6.07, 6.45) is 2.70. The third-order valence-electron chi connectivity index (χ3n) is 3.04. The monoisotopic (exact) mass is 289 g/mol. The molecular weight excluding hydrogens is 269 g/mol. The van der Waals surface area contributed by atoms with Gasteiger partial charge in [-0.25, -0.2) is 4.98 Å². The minimum Gasteiger partial charge on any atom is -0.327 e. The van der Waals surface area contributed by atoms with Gasteiger partial charge in [0.1, 0.15) is 5.15 Å². The van der Waals surface area contributed by atoms with E-state index in [1.807, 2.05) is 0 Å². The van der Waals surface area contributed by atoms with Gasteiger partial charge in [-0.2, -0.15) is 0 Å². The number of pyridine rings is 1.